The maximum absolute atomic E-state index is 12.2. The first-order valence-electron chi connectivity index (χ1n) is 5.91. The van der Waals surface area contributed by atoms with E-state index in [1.807, 2.05) is 0 Å². The fourth-order valence-electron chi connectivity index (χ4n) is 1.71. The summed E-state index contributed by atoms with van der Waals surface area (Å²) >= 11 is 3.32. The van der Waals surface area contributed by atoms with Gasteiger partial charge in [0.15, 0.2) is 0 Å². The number of anilines is 1. The van der Waals surface area contributed by atoms with Gasteiger partial charge in [-0.3, -0.25) is 0 Å². The minimum Gasteiger partial charge on any atom is -0.247 e. The molecule has 106 valence electrons. The summed E-state index contributed by atoms with van der Waals surface area (Å²) in [6.07, 6.45) is 0. The summed E-state index contributed by atoms with van der Waals surface area (Å²) in [5.74, 6) is 0.0899. The molecule has 0 bridgehead atoms. The van der Waals surface area contributed by atoms with Crippen molar-refractivity contribution in [2.45, 2.75) is 24.1 Å². The van der Waals surface area contributed by atoms with Gasteiger partial charge in [-0.15, -0.1) is 0 Å². The number of benzene rings is 1. The Balaban J connectivity index is 2.30. The SMILES string of the molecule is Cc1cc(C)nc(NS(=O)(=O)c2ccc(CBr)cc2)n1. The van der Waals surface area contributed by atoms with Crippen molar-refractivity contribution in [3.63, 3.8) is 0 Å². The molecule has 7 heteroatoms. The van der Waals surface area contributed by atoms with Gasteiger partial charge < -0.3 is 0 Å². The summed E-state index contributed by atoms with van der Waals surface area (Å²) in [5.41, 5.74) is 2.43. The Kier molecular flexibility index (Phi) is 4.39. The fourth-order valence-corrected chi connectivity index (χ4v) is 3.03. The highest BCUT2D eigenvalue weighted by Gasteiger charge is 2.15. The summed E-state index contributed by atoms with van der Waals surface area (Å²) in [6, 6.07) is 8.41. The predicted octanol–water partition coefficient (Wildman–Crippen LogP) is 2.79. The summed E-state index contributed by atoms with van der Waals surface area (Å²) in [4.78, 5) is 8.32. The van der Waals surface area contributed by atoms with Crippen LogP contribution >= 0.6 is 15.9 Å². The molecule has 5 nitrogen and oxygen atoms in total. The number of hydrogen-bond acceptors (Lipinski definition) is 4. The van der Waals surface area contributed by atoms with Crippen molar-refractivity contribution in [2.24, 2.45) is 0 Å². The number of halogens is 1. The fraction of sp³-hybridized carbons (Fsp3) is 0.231. The van der Waals surface area contributed by atoms with Gasteiger partial charge in [0.25, 0.3) is 10.0 Å². The van der Waals surface area contributed by atoms with Gasteiger partial charge in [-0.1, -0.05) is 28.1 Å². The average molecular weight is 356 g/mol. The standard InChI is InChI=1S/C13H14BrN3O2S/c1-9-7-10(2)16-13(15-9)17-20(18,19)12-5-3-11(8-14)4-6-12/h3-7H,8H2,1-2H3,(H,15,16,17). The molecule has 1 heterocycles. The van der Waals surface area contributed by atoms with Crippen LogP contribution in [0.2, 0.25) is 0 Å². The van der Waals surface area contributed by atoms with Crippen LogP contribution in [-0.4, -0.2) is 18.4 Å². The first kappa shape index (κ1) is 14.9. The van der Waals surface area contributed by atoms with Gasteiger partial charge >= 0.3 is 0 Å². The number of nitrogens with zero attached hydrogens (tertiary/aromatic N) is 2. The van der Waals surface area contributed by atoms with E-state index in [1.165, 1.54) is 0 Å². The molecular weight excluding hydrogens is 342 g/mol. The predicted molar refractivity (Wildman–Crippen MR) is 81.4 cm³/mol. The van der Waals surface area contributed by atoms with Crippen molar-refractivity contribution in [3.8, 4) is 0 Å². The second-order valence-corrected chi connectivity index (χ2v) is 6.60. The maximum atomic E-state index is 12.2. The first-order chi connectivity index (χ1) is 9.40. The zero-order valence-corrected chi connectivity index (χ0v) is 13.5. The Morgan fingerprint density at radius 2 is 1.65 bits per heavy atom. The Labute approximate surface area is 126 Å². The second-order valence-electron chi connectivity index (χ2n) is 4.36. The largest absolute Gasteiger partial charge is 0.264 e. The Hall–Kier alpha value is -1.47. The molecule has 0 aliphatic rings. The van der Waals surface area contributed by atoms with Crippen LogP contribution in [0.4, 0.5) is 5.95 Å². The molecular formula is C13H14BrN3O2S. The summed E-state index contributed by atoms with van der Waals surface area (Å²) in [5, 5.41) is 0.681. The molecule has 0 amide bonds. The van der Waals surface area contributed by atoms with E-state index in [0.717, 1.165) is 5.56 Å². The Morgan fingerprint density at radius 3 is 2.15 bits per heavy atom. The minimum absolute atomic E-state index is 0.0899. The minimum atomic E-state index is -3.66. The molecule has 0 spiro atoms. The number of aryl methyl sites for hydroxylation is 2. The lowest BCUT2D eigenvalue weighted by Crippen LogP contribution is -2.15. The van der Waals surface area contributed by atoms with E-state index in [1.54, 1.807) is 44.2 Å². The molecule has 0 aliphatic heterocycles. The molecule has 0 unspecified atom stereocenters. The van der Waals surface area contributed by atoms with E-state index in [2.05, 4.69) is 30.6 Å². The highest BCUT2D eigenvalue weighted by atomic mass is 79.9. The number of aromatic nitrogens is 2. The van der Waals surface area contributed by atoms with Crippen molar-refractivity contribution in [3.05, 3.63) is 47.3 Å². The molecule has 0 saturated carbocycles. The maximum Gasteiger partial charge on any atom is 0.264 e. The molecule has 20 heavy (non-hydrogen) atoms. The number of hydrogen-bond donors (Lipinski definition) is 1. The van der Waals surface area contributed by atoms with Gasteiger partial charge in [0.1, 0.15) is 0 Å². The van der Waals surface area contributed by atoms with E-state index >= 15 is 0 Å². The lowest BCUT2D eigenvalue weighted by atomic mass is 10.2. The molecule has 2 rings (SSSR count). The van der Waals surface area contributed by atoms with Crippen LogP contribution in [0, 0.1) is 13.8 Å². The van der Waals surface area contributed by atoms with E-state index in [-0.39, 0.29) is 10.8 Å². The lowest BCUT2D eigenvalue weighted by molar-refractivity contribution is 0.600. The Morgan fingerprint density at radius 1 is 1.10 bits per heavy atom. The molecule has 1 aromatic carbocycles. The van der Waals surface area contributed by atoms with Crippen molar-refractivity contribution in [1.29, 1.82) is 0 Å². The van der Waals surface area contributed by atoms with Gasteiger partial charge in [-0.25, -0.2) is 23.1 Å². The molecule has 1 N–H and O–H groups in total. The van der Waals surface area contributed by atoms with Crippen molar-refractivity contribution >= 4 is 31.9 Å². The smallest absolute Gasteiger partial charge is 0.247 e. The molecule has 0 fully saturated rings. The van der Waals surface area contributed by atoms with Crippen LogP contribution in [0.1, 0.15) is 17.0 Å². The van der Waals surface area contributed by atoms with Crippen LogP contribution < -0.4 is 4.72 Å². The molecule has 2 aromatic rings. The number of nitrogens with one attached hydrogen (secondary N) is 1. The van der Waals surface area contributed by atoms with E-state index < -0.39 is 10.0 Å². The summed E-state index contributed by atoms with van der Waals surface area (Å²) < 4.78 is 26.8. The molecule has 1 aromatic heterocycles. The Bertz CT molecular complexity index is 695. The third-order valence-corrected chi connectivity index (χ3v) is 4.59. The monoisotopic (exact) mass is 355 g/mol. The van der Waals surface area contributed by atoms with E-state index in [0.29, 0.717) is 16.7 Å². The van der Waals surface area contributed by atoms with Crippen LogP contribution in [0.3, 0.4) is 0 Å². The van der Waals surface area contributed by atoms with Gasteiger partial charge in [0.2, 0.25) is 5.95 Å². The van der Waals surface area contributed by atoms with Crippen LogP contribution in [0.5, 0.6) is 0 Å². The van der Waals surface area contributed by atoms with Gasteiger partial charge in [-0.05, 0) is 37.6 Å². The lowest BCUT2D eigenvalue weighted by Gasteiger charge is -2.08. The van der Waals surface area contributed by atoms with E-state index in [4.69, 9.17) is 0 Å². The third-order valence-electron chi connectivity index (χ3n) is 2.60. The van der Waals surface area contributed by atoms with Crippen molar-refractivity contribution < 1.29 is 8.42 Å². The van der Waals surface area contributed by atoms with Crippen LogP contribution in [0.15, 0.2) is 35.2 Å². The topological polar surface area (TPSA) is 72.0 Å². The van der Waals surface area contributed by atoms with Gasteiger partial charge in [0.05, 0.1) is 4.90 Å². The third kappa shape index (κ3) is 3.55. The number of sulfonamides is 1. The summed E-state index contributed by atoms with van der Waals surface area (Å²) in [6.45, 7) is 3.58. The normalized spacial score (nSPS) is 11.3. The first-order valence-corrected chi connectivity index (χ1v) is 8.51. The zero-order valence-electron chi connectivity index (χ0n) is 11.1. The molecule has 0 saturated heterocycles. The van der Waals surface area contributed by atoms with Crippen molar-refractivity contribution in [2.75, 3.05) is 4.72 Å². The quantitative estimate of drug-likeness (QED) is 0.855. The summed E-state index contributed by atoms with van der Waals surface area (Å²) in [7, 11) is -3.66. The highest BCUT2D eigenvalue weighted by Crippen LogP contribution is 2.15. The van der Waals surface area contributed by atoms with Crippen LogP contribution in [0.25, 0.3) is 0 Å². The number of alkyl halides is 1. The highest BCUT2D eigenvalue weighted by molar-refractivity contribution is 9.08. The van der Waals surface area contributed by atoms with Gasteiger partial charge in [-0.2, -0.15) is 0 Å². The average Bonchev–Trinajstić information content (AvgIpc) is 2.37. The molecule has 0 radical (unpaired) electrons. The van der Waals surface area contributed by atoms with Crippen molar-refractivity contribution in [1.82, 2.24) is 9.97 Å². The van der Waals surface area contributed by atoms with E-state index in [9.17, 15) is 8.42 Å². The second kappa shape index (κ2) is 5.88. The van der Waals surface area contributed by atoms with Crippen LogP contribution in [-0.2, 0) is 15.4 Å². The molecule has 0 aliphatic carbocycles. The number of rotatable bonds is 4. The molecule has 0 atom stereocenters. The van der Waals surface area contributed by atoms with Gasteiger partial charge in [0, 0.05) is 16.7 Å². The zero-order chi connectivity index (χ0) is 14.8.